The molecular formula is C17H14F2N2O. The van der Waals surface area contributed by atoms with Crippen molar-refractivity contribution in [3.8, 4) is 0 Å². The van der Waals surface area contributed by atoms with Gasteiger partial charge in [-0.3, -0.25) is 15.6 Å². The van der Waals surface area contributed by atoms with Crippen LogP contribution in [0.15, 0.2) is 66.9 Å². The summed E-state index contributed by atoms with van der Waals surface area (Å²) in [5, 5.41) is 0. The van der Waals surface area contributed by atoms with Crippen LogP contribution >= 0.6 is 0 Å². The molecule has 0 aliphatic carbocycles. The lowest BCUT2D eigenvalue weighted by Crippen LogP contribution is -2.36. The Balaban J connectivity index is 1.90. The molecular weight excluding hydrogens is 286 g/mol. The Hall–Kier alpha value is -2.95. The molecule has 0 spiro atoms. The topological polar surface area (TPSA) is 41.1 Å². The van der Waals surface area contributed by atoms with Crippen molar-refractivity contribution in [2.45, 2.75) is 0 Å². The highest BCUT2D eigenvalue weighted by atomic mass is 19.1. The average Bonchev–Trinajstić information content (AvgIpc) is 2.52. The molecule has 22 heavy (non-hydrogen) atoms. The molecule has 2 rings (SSSR count). The second-order valence-electron chi connectivity index (χ2n) is 4.47. The largest absolute Gasteiger partial charge is 0.299 e. The zero-order valence-electron chi connectivity index (χ0n) is 11.6. The number of allylic oxidation sites excluding steroid dienone is 1. The van der Waals surface area contributed by atoms with Crippen LogP contribution in [0, 0.1) is 11.6 Å². The molecule has 3 nitrogen and oxygen atoms in total. The average molecular weight is 300 g/mol. The van der Waals surface area contributed by atoms with Gasteiger partial charge in [0.1, 0.15) is 11.6 Å². The molecule has 0 saturated carbocycles. The van der Waals surface area contributed by atoms with E-state index in [1.807, 2.05) is 0 Å². The number of hydrogen-bond acceptors (Lipinski definition) is 2. The van der Waals surface area contributed by atoms with E-state index in [1.54, 1.807) is 18.2 Å². The first-order valence-corrected chi connectivity index (χ1v) is 6.50. The molecule has 0 aliphatic heterocycles. The zero-order chi connectivity index (χ0) is 15.9. The molecule has 0 unspecified atom stereocenters. The number of nitrogens with one attached hydrogen (secondary N) is 2. The number of halogens is 2. The van der Waals surface area contributed by atoms with Gasteiger partial charge in [-0.1, -0.05) is 30.8 Å². The lowest BCUT2D eigenvalue weighted by Gasteiger charge is -2.08. The van der Waals surface area contributed by atoms with Crippen molar-refractivity contribution in [3.05, 3.63) is 89.6 Å². The van der Waals surface area contributed by atoms with E-state index in [2.05, 4.69) is 17.4 Å². The van der Waals surface area contributed by atoms with Gasteiger partial charge in [0.25, 0.3) is 5.91 Å². The Bertz CT molecular complexity index is 726. The summed E-state index contributed by atoms with van der Waals surface area (Å²) >= 11 is 0. The second-order valence-corrected chi connectivity index (χ2v) is 4.47. The highest BCUT2D eigenvalue weighted by Crippen LogP contribution is 2.09. The van der Waals surface area contributed by atoms with Crippen molar-refractivity contribution in [1.29, 1.82) is 0 Å². The van der Waals surface area contributed by atoms with Crippen LogP contribution in [0.5, 0.6) is 0 Å². The fraction of sp³-hybridized carbons (Fsp3) is 0. The predicted molar refractivity (Wildman–Crippen MR) is 81.6 cm³/mol. The second kappa shape index (κ2) is 7.17. The number of benzene rings is 2. The number of rotatable bonds is 5. The van der Waals surface area contributed by atoms with E-state index in [0.29, 0.717) is 11.3 Å². The standard InChI is InChI=1S/C17H14F2N2O/c1-12(9-10-13-5-2-3-8-16(13)19)20-21-17(22)14-6-4-7-15(18)11-14/h2-11,20H,1H2,(H,21,22). The van der Waals surface area contributed by atoms with Crippen molar-refractivity contribution in [3.63, 3.8) is 0 Å². The molecule has 5 heteroatoms. The van der Waals surface area contributed by atoms with Crippen LogP contribution in [0.2, 0.25) is 0 Å². The summed E-state index contributed by atoms with van der Waals surface area (Å²) in [4.78, 5) is 11.8. The predicted octanol–water partition coefficient (Wildman–Crippen LogP) is 3.43. The molecule has 0 bridgehead atoms. The highest BCUT2D eigenvalue weighted by molar-refractivity contribution is 5.93. The van der Waals surface area contributed by atoms with Gasteiger partial charge in [-0.2, -0.15) is 0 Å². The monoisotopic (exact) mass is 300 g/mol. The molecule has 0 saturated heterocycles. The number of carbonyl (C=O) groups excluding carboxylic acids is 1. The lowest BCUT2D eigenvalue weighted by molar-refractivity contribution is 0.0939. The van der Waals surface area contributed by atoms with Crippen LogP contribution < -0.4 is 10.9 Å². The van der Waals surface area contributed by atoms with Gasteiger partial charge >= 0.3 is 0 Å². The first-order chi connectivity index (χ1) is 10.6. The molecule has 0 aromatic heterocycles. The number of hydrogen-bond donors (Lipinski definition) is 2. The van der Waals surface area contributed by atoms with Crippen LogP contribution in [0.3, 0.4) is 0 Å². The van der Waals surface area contributed by atoms with Crippen LogP contribution in [-0.2, 0) is 0 Å². The molecule has 0 radical (unpaired) electrons. The van der Waals surface area contributed by atoms with Crippen LogP contribution in [0.1, 0.15) is 15.9 Å². The zero-order valence-corrected chi connectivity index (χ0v) is 11.6. The maximum absolute atomic E-state index is 13.4. The van der Waals surface area contributed by atoms with E-state index in [9.17, 15) is 13.6 Å². The van der Waals surface area contributed by atoms with Gasteiger partial charge in [0, 0.05) is 16.8 Å². The quantitative estimate of drug-likeness (QED) is 0.656. The van der Waals surface area contributed by atoms with E-state index in [1.165, 1.54) is 36.4 Å². The van der Waals surface area contributed by atoms with Gasteiger partial charge in [-0.25, -0.2) is 8.78 Å². The maximum atomic E-state index is 13.4. The van der Waals surface area contributed by atoms with Crippen molar-refractivity contribution >= 4 is 12.0 Å². The molecule has 0 aliphatic rings. The molecule has 2 N–H and O–H groups in total. The van der Waals surface area contributed by atoms with Gasteiger partial charge in [0.05, 0.1) is 0 Å². The van der Waals surface area contributed by atoms with Gasteiger partial charge in [0.2, 0.25) is 0 Å². The minimum absolute atomic E-state index is 0.179. The molecule has 0 fully saturated rings. The summed E-state index contributed by atoms with van der Waals surface area (Å²) in [6.07, 6.45) is 3.04. The Labute approximate surface area is 126 Å². The third-order valence-electron chi connectivity index (χ3n) is 2.79. The van der Waals surface area contributed by atoms with Gasteiger partial charge in [-0.15, -0.1) is 0 Å². The highest BCUT2D eigenvalue weighted by Gasteiger charge is 2.05. The summed E-state index contributed by atoms with van der Waals surface area (Å²) in [6.45, 7) is 3.67. The molecule has 0 atom stereocenters. The Morgan fingerprint density at radius 3 is 2.55 bits per heavy atom. The summed E-state index contributed by atoms with van der Waals surface area (Å²) in [5.41, 5.74) is 5.88. The normalized spacial score (nSPS) is 10.5. The third-order valence-corrected chi connectivity index (χ3v) is 2.79. The third kappa shape index (κ3) is 4.28. The van der Waals surface area contributed by atoms with Gasteiger partial charge in [0.15, 0.2) is 0 Å². The van der Waals surface area contributed by atoms with Crippen LogP contribution in [-0.4, -0.2) is 5.91 Å². The van der Waals surface area contributed by atoms with Crippen LogP contribution in [0.4, 0.5) is 8.78 Å². The van der Waals surface area contributed by atoms with E-state index >= 15 is 0 Å². The van der Waals surface area contributed by atoms with Crippen molar-refractivity contribution in [2.75, 3.05) is 0 Å². The Morgan fingerprint density at radius 1 is 1.05 bits per heavy atom. The van der Waals surface area contributed by atoms with Crippen molar-refractivity contribution < 1.29 is 13.6 Å². The lowest BCUT2D eigenvalue weighted by atomic mass is 10.2. The number of carbonyl (C=O) groups is 1. The number of amides is 1. The van der Waals surface area contributed by atoms with Crippen molar-refractivity contribution in [2.24, 2.45) is 0 Å². The van der Waals surface area contributed by atoms with E-state index in [0.717, 1.165) is 6.07 Å². The summed E-state index contributed by atoms with van der Waals surface area (Å²) in [5.74, 6) is -1.35. The fourth-order valence-corrected chi connectivity index (χ4v) is 1.68. The Morgan fingerprint density at radius 2 is 1.82 bits per heavy atom. The first-order valence-electron chi connectivity index (χ1n) is 6.50. The van der Waals surface area contributed by atoms with E-state index in [4.69, 9.17) is 0 Å². The SMILES string of the molecule is C=C(C=Cc1ccccc1F)NNC(=O)c1cccc(F)c1. The fourth-order valence-electron chi connectivity index (χ4n) is 1.68. The minimum atomic E-state index is -0.500. The molecule has 1 amide bonds. The molecule has 2 aromatic carbocycles. The summed E-state index contributed by atoms with van der Waals surface area (Å²) in [6, 6.07) is 11.6. The molecule has 112 valence electrons. The maximum Gasteiger partial charge on any atom is 0.269 e. The van der Waals surface area contributed by atoms with Gasteiger partial charge in [-0.05, 0) is 36.4 Å². The number of hydrazine groups is 1. The van der Waals surface area contributed by atoms with Crippen molar-refractivity contribution in [1.82, 2.24) is 10.9 Å². The molecule has 0 heterocycles. The van der Waals surface area contributed by atoms with E-state index in [-0.39, 0.29) is 11.4 Å². The van der Waals surface area contributed by atoms with Gasteiger partial charge < -0.3 is 0 Å². The molecule has 2 aromatic rings. The smallest absolute Gasteiger partial charge is 0.269 e. The summed E-state index contributed by atoms with van der Waals surface area (Å²) in [7, 11) is 0. The first kappa shape index (κ1) is 15.4. The summed E-state index contributed by atoms with van der Waals surface area (Å²) < 4.78 is 26.4. The van der Waals surface area contributed by atoms with Crippen LogP contribution in [0.25, 0.3) is 6.08 Å². The Kier molecular flexibility index (Phi) is 5.03. The van der Waals surface area contributed by atoms with E-state index < -0.39 is 11.7 Å². The minimum Gasteiger partial charge on any atom is -0.299 e.